The van der Waals surface area contributed by atoms with E-state index < -0.39 is 18.1 Å². The Kier molecular flexibility index (Phi) is 36.0. The van der Waals surface area contributed by atoms with Gasteiger partial charge in [0.25, 0.3) is 0 Å². The Balaban J connectivity index is -0.0000101. The number of rotatable bonds is 26. The van der Waals surface area contributed by atoms with Gasteiger partial charge < -0.3 is 9.47 Å². The monoisotopic (exact) mass is 695 g/mol. The number of carbonyl (C=O) groups excluding carboxylic acids is 3. The Morgan fingerprint density at radius 1 is 0.438 bits per heavy atom. The van der Waals surface area contributed by atoms with Crippen molar-refractivity contribution in [1.29, 1.82) is 0 Å². The van der Waals surface area contributed by atoms with Crippen LogP contribution in [0.2, 0.25) is 0 Å². The standard InChI is InChI=1S/C41H74O5.2Na.2H/c1-31(2)17-11-19-33(5)21-13-23-35(7)25-15-27-37(9)29-39(42)45-41(44)46-40(43)30-38(10)28-16-26-36(8)24-14-22-34(6)20-12-18-32(3)4;;;;/h29-36H,11-28H2,1-10H3;;;;/b37-29+,38-30+;;;;/t33-,34-,35-,36-;;;;/m1..../s1. The second-order valence-electron chi connectivity index (χ2n) is 15.8. The third kappa shape index (κ3) is 34.5. The van der Waals surface area contributed by atoms with Gasteiger partial charge in [-0.15, -0.1) is 0 Å². The SMILES string of the molecule is C/C(=C\C(=O)OC(=O)OC(=O)/C=C(\C)CCC[C@H](C)CCC[C@H](C)CCCC(C)C)CCC[C@H](C)CCC[C@H](C)CCCC(C)C.[NaH].[NaH]. The van der Waals surface area contributed by atoms with Gasteiger partial charge in [0.1, 0.15) is 0 Å². The van der Waals surface area contributed by atoms with Crippen LogP contribution in [-0.4, -0.2) is 77.2 Å². The summed E-state index contributed by atoms with van der Waals surface area (Å²) in [6, 6.07) is 0. The third-order valence-electron chi connectivity index (χ3n) is 9.38. The number of hydrogen-bond acceptors (Lipinski definition) is 5. The Hall–Kier alpha value is 0.0900. The number of hydrogen-bond donors (Lipinski definition) is 0. The average molecular weight is 695 g/mol. The van der Waals surface area contributed by atoms with Crippen molar-refractivity contribution in [1.82, 2.24) is 0 Å². The summed E-state index contributed by atoms with van der Waals surface area (Å²) >= 11 is 0. The van der Waals surface area contributed by atoms with Crippen LogP contribution < -0.4 is 0 Å². The van der Waals surface area contributed by atoms with Crippen LogP contribution in [-0.2, 0) is 19.1 Å². The zero-order chi connectivity index (χ0) is 34.9. The zero-order valence-electron chi connectivity index (χ0n) is 31.9. The fraction of sp³-hybridized carbons (Fsp3) is 0.829. The van der Waals surface area contributed by atoms with E-state index in [0.29, 0.717) is 11.8 Å². The molecule has 0 aliphatic carbocycles. The molecule has 0 bridgehead atoms. The maximum atomic E-state index is 12.1. The predicted octanol–water partition coefficient (Wildman–Crippen LogP) is 11.7. The Labute approximate surface area is 341 Å². The van der Waals surface area contributed by atoms with Crippen LogP contribution in [0.3, 0.4) is 0 Å². The van der Waals surface area contributed by atoms with Crippen molar-refractivity contribution < 1.29 is 23.9 Å². The molecule has 7 heteroatoms. The van der Waals surface area contributed by atoms with Crippen molar-refractivity contribution >= 4 is 77.2 Å². The van der Waals surface area contributed by atoms with Gasteiger partial charge in [-0.25, -0.2) is 14.4 Å². The van der Waals surface area contributed by atoms with Gasteiger partial charge in [0.2, 0.25) is 0 Å². The molecule has 0 unspecified atom stereocenters. The number of allylic oxidation sites excluding steroid dienone is 2. The van der Waals surface area contributed by atoms with Gasteiger partial charge in [-0.2, -0.15) is 0 Å². The van der Waals surface area contributed by atoms with E-state index in [0.717, 1.165) is 73.3 Å². The zero-order valence-corrected chi connectivity index (χ0v) is 31.9. The molecule has 0 saturated carbocycles. The van der Waals surface area contributed by atoms with E-state index in [4.69, 9.17) is 0 Å². The molecular formula is C41H76Na2O5. The molecule has 0 N–H and O–H groups in total. The molecule has 0 aromatic carbocycles. The summed E-state index contributed by atoms with van der Waals surface area (Å²) < 4.78 is 9.38. The van der Waals surface area contributed by atoms with Crippen molar-refractivity contribution in [2.75, 3.05) is 0 Å². The molecule has 0 amide bonds. The van der Waals surface area contributed by atoms with Crippen LogP contribution in [0.1, 0.15) is 185 Å². The van der Waals surface area contributed by atoms with Gasteiger partial charge in [-0.3, -0.25) is 0 Å². The topological polar surface area (TPSA) is 69.7 Å². The molecule has 5 nitrogen and oxygen atoms in total. The van der Waals surface area contributed by atoms with Crippen LogP contribution >= 0.6 is 0 Å². The summed E-state index contributed by atoms with van der Waals surface area (Å²) in [6.07, 6.45) is 22.8. The van der Waals surface area contributed by atoms with E-state index in [9.17, 15) is 14.4 Å². The van der Waals surface area contributed by atoms with E-state index in [-0.39, 0.29) is 59.1 Å². The molecule has 0 aromatic heterocycles. The second-order valence-corrected chi connectivity index (χ2v) is 15.8. The predicted molar refractivity (Wildman–Crippen MR) is 209 cm³/mol. The van der Waals surface area contributed by atoms with Crippen LogP contribution in [0.15, 0.2) is 23.3 Å². The van der Waals surface area contributed by atoms with Crippen LogP contribution in [0, 0.1) is 35.5 Å². The molecule has 0 aliphatic rings. The molecule has 0 spiro atoms. The van der Waals surface area contributed by atoms with Crippen LogP contribution in [0.4, 0.5) is 4.79 Å². The van der Waals surface area contributed by atoms with E-state index in [1.165, 1.54) is 89.2 Å². The normalized spacial score (nSPS) is 14.5. The fourth-order valence-corrected chi connectivity index (χ4v) is 6.21. The summed E-state index contributed by atoms with van der Waals surface area (Å²) in [4.78, 5) is 36.2. The molecule has 0 fully saturated rings. The first kappa shape index (κ1) is 52.5. The molecule has 272 valence electrons. The molecule has 0 saturated heterocycles. The summed E-state index contributed by atoms with van der Waals surface area (Å²) in [7, 11) is 0. The van der Waals surface area contributed by atoms with E-state index in [1.807, 2.05) is 13.8 Å². The molecule has 0 heterocycles. The average Bonchev–Trinajstić information content (AvgIpc) is 2.92. The Bertz CT molecular complexity index is 825. The fourth-order valence-electron chi connectivity index (χ4n) is 6.21. The van der Waals surface area contributed by atoms with Gasteiger partial charge in [0, 0.05) is 12.2 Å². The Morgan fingerprint density at radius 3 is 0.958 bits per heavy atom. The molecule has 0 aliphatic heterocycles. The first-order valence-corrected chi connectivity index (χ1v) is 19.0. The minimum absolute atomic E-state index is 0. The summed E-state index contributed by atoms with van der Waals surface area (Å²) in [5, 5.41) is 0. The van der Waals surface area contributed by atoms with Gasteiger partial charge >= 0.3 is 77.2 Å². The van der Waals surface area contributed by atoms with Gasteiger partial charge in [-0.1, -0.05) is 156 Å². The van der Waals surface area contributed by atoms with E-state index >= 15 is 0 Å². The Morgan fingerprint density at radius 2 is 0.688 bits per heavy atom. The quantitative estimate of drug-likeness (QED) is 0.0390. The van der Waals surface area contributed by atoms with Crippen molar-refractivity contribution in [2.24, 2.45) is 35.5 Å². The van der Waals surface area contributed by atoms with Crippen molar-refractivity contribution in [3.05, 3.63) is 23.3 Å². The molecule has 0 radical (unpaired) electrons. The van der Waals surface area contributed by atoms with Crippen molar-refractivity contribution in [3.8, 4) is 0 Å². The molecular weight excluding hydrogens is 618 g/mol. The van der Waals surface area contributed by atoms with E-state index in [2.05, 4.69) is 64.9 Å². The van der Waals surface area contributed by atoms with Gasteiger partial charge in [-0.05, 0) is 75.0 Å². The van der Waals surface area contributed by atoms with Crippen LogP contribution in [0.5, 0.6) is 0 Å². The van der Waals surface area contributed by atoms with Crippen LogP contribution in [0.25, 0.3) is 0 Å². The van der Waals surface area contributed by atoms with Gasteiger partial charge in [0.15, 0.2) is 0 Å². The summed E-state index contributed by atoms with van der Waals surface area (Å²) in [6.45, 7) is 22.3. The molecule has 48 heavy (non-hydrogen) atoms. The third-order valence-corrected chi connectivity index (χ3v) is 9.38. The second kappa shape index (κ2) is 33.0. The van der Waals surface area contributed by atoms with E-state index in [1.54, 1.807) is 0 Å². The summed E-state index contributed by atoms with van der Waals surface area (Å²) in [5.41, 5.74) is 1.72. The number of carbonyl (C=O) groups is 3. The first-order valence-electron chi connectivity index (χ1n) is 19.0. The van der Waals surface area contributed by atoms with Crippen molar-refractivity contribution in [2.45, 2.75) is 185 Å². The summed E-state index contributed by atoms with van der Waals surface area (Å²) in [5.74, 6) is 2.94. The molecule has 0 rings (SSSR count). The molecule has 0 aromatic rings. The van der Waals surface area contributed by atoms with Crippen molar-refractivity contribution in [3.63, 3.8) is 0 Å². The molecule has 4 atom stereocenters. The number of ether oxygens (including phenoxy) is 2. The maximum absolute atomic E-state index is 12.1. The van der Waals surface area contributed by atoms with Gasteiger partial charge in [0.05, 0.1) is 0 Å². The number of esters is 2. The first-order chi connectivity index (χ1) is 21.7. The minimum atomic E-state index is -1.28.